The minimum Gasteiger partial charge on any atom is -0.389 e. The fourth-order valence-corrected chi connectivity index (χ4v) is 1.48. The standard InChI is InChI=1S/C15H25NO4/c1-13(2)19-9-8-18-12-15(17)10-16-20-11-14-6-4-3-5-7-14/h3-7,13,15-17H,8-12H2,1-2H3. The number of nitrogens with one attached hydrogen (secondary N) is 1. The maximum absolute atomic E-state index is 9.65. The molecule has 114 valence electrons. The van der Waals surface area contributed by atoms with Gasteiger partial charge in [-0.1, -0.05) is 30.3 Å². The minimum atomic E-state index is -0.593. The molecule has 0 aliphatic heterocycles. The SMILES string of the molecule is CC(C)OCCOCC(O)CNOCc1ccccc1. The smallest absolute Gasteiger partial charge is 0.0933 e. The summed E-state index contributed by atoms with van der Waals surface area (Å²) < 4.78 is 10.6. The summed E-state index contributed by atoms with van der Waals surface area (Å²) in [7, 11) is 0. The van der Waals surface area contributed by atoms with Crippen LogP contribution in [-0.2, 0) is 20.9 Å². The molecule has 20 heavy (non-hydrogen) atoms. The molecule has 0 amide bonds. The van der Waals surface area contributed by atoms with Crippen molar-refractivity contribution in [1.82, 2.24) is 5.48 Å². The molecular weight excluding hydrogens is 258 g/mol. The van der Waals surface area contributed by atoms with Gasteiger partial charge in [-0.3, -0.25) is 4.84 Å². The first-order chi connectivity index (χ1) is 9.68. The van der Waals surface area contributed by atoms with Crippen molar-refractivity contribution in [2.24, 2.45) is 0 Å². The first-order valence-electron chi connectivity index (χ1n) is 6.94. The lowest BCUT2D eigenvalue weighted by Crippen LogP contribution is -2.31. The predicted molar refractivity (Wildman–Crippen MR) is 77.1 cm³/mol. The predicted octanol–water partition coefficient (Wildman–Crippen LogP) is 1.51. The highest BCUT2D eigenvalue weighted by Gasteiger charge is 2.04. The van der Waals surface area contributed by atoms with Gasteiger partial charge >= 0.3 is 0 Å². The van der Waals surface area contributed by atoms with Gasteiger partial charge in [0.05, 0.1) is 38.6 Å². The average Bonchev–Trinajstić information content (AvgIpc) is 2.44. The summed E-state index contributed by atoms with van der Waals surface area (Å²) in [4.78, 5) is 5.26. The molecule has 0 saturated carbocycles. The lowest BCUT2D eigenvalue weighted by Gasteiger charge is -2.13. The number of hydroxylamine groups is 1. The molecule has 0 bridgehead atoms. The van der Waals surface area contributed by atoms with E-state index in [9.17, 15) is 5.11 Å². The van der Waals surface area contributed by atoms with Gasteiger partial charge in [-0.15, -0.1) is 0 Å². The normalized spacial score (nSPS) is 12.8. The van der Waals surface area contributed by atoms with Crippen LogP contribution in [0.1, 0.15) is 19.4 Å². The molecule has 1 rings (SSSR count). The third-order valence-electron chi connectivity index (χ3n) is 2.49. The Morgan fingerprint density at radius 1 is 1.15 bits per heavy atom. The van der Waals surface area contributed by atoms with Crippen LogP contribution in [0.5, 0.6) is 0 Å². The number of rotatable bonds is 11. The third-order valence-corrected chi connectivity index (χ3v) is 2.49. The Morgan fingerprint density at radius 2 is 1.90 bits per heavy atom. The number of aliphatic hydroxyl groups is 1. The van der Waals surface area contributed by atoms with Crippen LogP contribution in [0.15, 0.2) is 30.3 Å². The van der Waals surface area contributed by atoms with E-state index < -0.39 is 6.10 Å². The molecule has 1 atom stereocenters. The average molecular weight is 283 g/mol. The van der Waals surface area contributed by atoms with Gasteiger partial charge in [0.2, 0.25) is 0 Å². The van der Waals surface area contributed by atoms with Crippen LogP contribution in [0, 0.1) is 0 Å². The monoisotopic (exact) mass is 283 g/mol. The Hall–Kier alpha value is -0.980. The van der Waals surface area contributed by atoms with E-state index in [1.807, 2.05) is 44.2 Å². The van der Waals surface area contributed by atoms with Crippen LogP contribution in [0.4, 0.5) is 0 Å². The van der Waals surface area contributed by atoms with Crippen molar-refractivity contribution in [3.05, 3.63) is 35.9 Å². The lowest BCUT2D eigenvalue weighted by molar-refractivity contribution is -0.0355. The third kappa shape index (κ3) is 9.01. The van der Waals surface area contributed by atoms with Crippen molar-refractivity contribution in [3.63, 3.8) is 0 Å². The molecule has 1 aromatic carbocycles. The molecular formula is C15H25NO4. The van der Waals surface area contributed by atoms with E-state index in [2.05, 4.69) is 5.48 Å². The Labute approximate surface area is 120 Å². The van der Waals surface area contributed by atoms with Gasteiger partial charge in [0.1, 0.15) is 0 Å². The second-order valence-corrected chi connectivity index (χ2v) is 4.77. The summed E-state index contributed by atoms with van der Waals surface area (Å²) >= 11 is 0. The van der Waals surface area contributed by atoms with E-state index >= 15 is 0 Å². The summed E-state index contributed by atoms with van der Waals surface area (Å²) in [5, 5.41) is 9.65. The molecule has 0 aromatic heterocycles. The zero-order chi connectivity index (χ0) is 14.6. The molecule has 0 spiro atoms. The van der Waals surface area contributed by atoms with Crippen molar-refractivity contribution < 1.29 is 19.4 Å². The number of hydrogen-bond donors (Lipinski definition) is 2. The lowest BCUT2D eigenvalue weighted by atomic mass is 10.2. The highest BCUT2D eigenvalue weighted by molar-refractivity contribution is 5.13. The zero-order valence-electron chi connectivity index (χ0n) is 12.2. The van der Waals surface area contributed by atoms with E-state index in [4.69, 9.17) is 14.3 Å². The van der Waals surface area contributed by atoms with E-state index in [-0.39, 0.29) is 12.7 Å². The molecule has 5 nitrogen and oxygen atoms in total. The van der Waals surface area contributed by atoms with Gasteiger partial charge in [0.25, 0.3) is 0 Å². The van der Waals surface area contributed by atoms with Crippen molar-refractivity contribution in [2.75, 3.05) is 26.4 Å². The Kier molecular flexibility index (Phi) is 9.19. The minimum absolute atomic E-state index is 0.205. The van der Waals surface area contributed by atoms with Crippen molar-refractivity contribution >= 4 is 0 Å². The molecule has 0 aliphatic rings. The van der Waals surface area contributed by atoms with E-state index in [1.54, 1.807) is 0 Å². The molecule has 1 aromatic rings. The molecule has 0 aliphatic carbocycles. The zero-order valence-corrected chi connectivity index (χ0v) is 12.2. The van der Waals surface area contributed by atoms with Crippen LogP contribution in [-0.4, -0.2) is 43.7 Å². The second kappa shape index (κ2) is 10.8. The topological polar surface area (TPSA) is 60.0 Å². The summed E-state index contributed by atoms with van der Waals surface area (Å²) in [6.07, 6.45) is -0.388. The maximum atomic E-state index is 9.65. The molecule has 2 N–H and O–H groups in total. The van der Waals surface area contributed by atoms with Gasteiger partial charge in [0, 0.05) is 6.54 Å². The molecule has 0 radical (unpaired) electrons. The van der Waals surface area contributed by atoms with Crippen molar-refractivity contribution in [1.29, 1.82) is 0 Å². The van der Waals surface area contributed by atoms with E-state index in [0.717, 1.165) is 5.56 Å². The molecule has 0 saturated heterocycles. The van der Waals surface area contributed by atoms with Gasteiger partial charge in [-0.25, -0.2) is 0 Å². The largest absolute Gasteiger partial charge is 0.389 e. The van der Waals surface area contributed by atoms with Crippen LogP contribution in [0.25, 0.3) is 0 Å². The molecule has 1 unspecified atom stereocenters. The number of aliphatic hydroxyl groups excluding tert-OH is 1. The highest BCUT2D eigenvalue weighted by Crippen LogP contribution is 1.99. The number of benzene rings is 1. The fraction of sp³-hybridized carbons (Fsp3) is 0.600. The van der Waals surface area contributed by atoms with Gasteiger partial charge in [-0.05, 0) is 19.4 Å². The molecule has 5 heteroatoms. The molecule has 0 heterocycles. The van der Waals surface area contributed by atoms with Crippen LogP contribution >= 0.6 is 0 Å². The first-order valence-corrected chi connectivity index (χ1v) is 6.94. The summed E-state index contributed by atoms with van der Waals surface area (Å²) in [5.74, 6) is 0. The Morgan fingerprint density at radius 3 is 2.60 bits per heavy atom. The van der Waals surface area contributed by atoms with E-state index in [1.165, 1.54) is 0 Å². The van der Waals surface area contributed by atoms with Gasteiger partial charge in [0.15, 0.2) is 0 Å². The summed E-state index contributed by atoms with van der Waals surface area (Å²) in [6.45, 7) is 6.05. The highest BCUT2D eigenvalue weighted by atomic mass is 16.6. The maximum Gasteiger partial charge on any atom is 0.0933 e. The van der Waals surface area contributed by atoms with Crippen molar-refractivity contribution in [2.45, 2.75) is 32.7 Å². The summed E-state index contributed by atoms with van der Waals surface area (Å²) in [5.41, 5.74) is 3.81. The molecule has 0 fully saturated rings. The number of hydrogen-bond acceptors (Lipinski definition) is 5. The van der Waals surface area contributed by atoms with Crippen molar-refractivity contribution in [3.8, 4) is 0 Å². The van der Waals surface area contributed by atoms with E-state index in [0.29, 0.717) is 26.4 Å². The Balaban J connectivity index is 1.93. The Bertz CT molecular complexity index is 332. The first kappa shape index (κ1) is 17.1. The van der Waals surface area contributed by atoms with Crippen LogP contribution < -0.4 is 5.48 Å². The fourth-order valence-electron chi connectivity index (χ4n) is 1.48. The van der Waals surface area contributed by atoms with Gasteiger partial charge < -0.3 is 14.6 Å². The second-order valence-electron chi connectivity index (χ2n) is 4.77. The van der Waals surface area contributed by atoms with Gasteiger partial charge in [-0.2, -0.15) is 5.48 Å². The quantitative estimate of drug-likeness (QED) is 0.476. The van der Waals surface area contributed by atoms with Crippen LogP contribution in [0.2, 0.25) is 0 Å². The number of ether oxygens (including phenoxy) is 2. The summed E-state index contributed by atoms with van der Waals surface area (Å²) in [6, 6.07) is 9.84. The van der Waals surface area contributed by atoms with Crippen LogP contribution in [0.3, 0.4) is 0 Å².